The summed E-state index contributed by atoms with van der Waals surface area (Å²) < 4.78 is 7.33. The number of nitrogens with one attached hydrogen (secondary N) is 2. The van der Waals surface area contributed by atoms with Crippen molar-refractivity contribution in [2.45, 2.75) is 51.2 Å². The van der Waals surface area contributed by atoms with Crippen LogP contribution in [-0.4, -0.2) is 36.3 Å². The van der Waals surface area contributed by atoms with E-state index in [1.807, 2.05) is 51.1 Å². The van der Waals surface area contributed by atoms with Gasteiger partial charge in [0.1, 0.15) is 17.1 Å². The summed E-state index contributed by atoms with van der Waals surface area (Å²) in [6.45, 7) is 5.61. The number of amides is 1. The van der Waals surface area contributed by atoms with E-state index < -0.39 is 17.2 Å². The molecular weight excluding hydrogens is 512 g/mol. The number of carbonyl (C=O) groups excluding carboxylic acids is 1. The van der Waals surface area contributed by atoms with E-state index >= 15 is 0 Å². The molecule has 0 bridgehead atoms. The van der Waals surface area contributed by atoms with E-state index in [0.717, 1.165) is 52.9 Å². The second-order valence-corrected chi connectivity index (χ2v) is 11.3. The topological polar surface area (TPSA) is 97.2 Å². The normalized spacial score (nSPS) is 14.7. The standard InChI is InChI=1S/C30H29ClN6O2/c1-29(2,3)39-28(38)35-30(14-7-15-30)21-12-10-19(11-13-21)24-25(20-8-5-4-6-9-20)37-27(34-24)22(18-23(31)36-37)26-32-16-17-33-26/h4-6,8-13,16-18H,7,14-15H2,1-3H3,(H,32,33)(H,35,38). The first-order valence-electron chi connectivity index (χ1n) is 13.0. The molecule has 39 heavy (non-hydrogen) atoms. The molecule has 8 nitrogen and oxygen atoms in total. The van der Waals surface area contributed by atoms with Gasteiger partial charge in [-0.2, -0.15) is 5.10 Å². The summed E-state index contributed by atoms with van der Waals surface area (Å²) >= 11 is 6.48. The number of fused-ring (bicyclic) bond motifs is 1. The lowest BCUT2D eigenvalue weighted by atomic mass is 9.71. The summed E-state index contributed by atoms with van der Waals surface area (Å²) in [5, 5.41) is 8.10. The molecule has 198 valence electrons. The van der Waals surface area contributed by atoms with Gasteiger partial charge in [0.2, 0.25) is 0 Å². The molecule has 0 unspecified atom stereocenters. The van der Waals surface area contributed by atoms with Gasteiger partial charge < -0.3 is 15.0 Å². The van der Waals surface area contributed by atoms with Crippen LogP contribution < -0.4 is 5.32 Å². The zero-order valence-corrected chi connectivity index (χ0v) is 22.8. The van der Waals surface area contributed by atoms with Gasteiger partial charge in [0.05, 0.1) is 16.8 Å². The van der Waals surface area contributed by atoms with Crippen molar-refractivity contribution in [3.63, 3.8) is 0 Å². The molecule has 1 saturated carbocycles. The Morgan fingerprint density at radius 2 is 1.82 bits per heavy atom. The molecule has 2 N–H and O–H groups in total. The van der Waals surface area contributed by atoms with Crippen LogP contribution in [0.3, 0.4) is 0 Å². The molecule has 0 radical (unpaired) electrons. The largest absolute Gasteiger partial charge is 0.444 e. The first-order chi connectivity index (χ1) is 18.7. The maximum atomic E-state index is 12.6. The minimum Gasteiger partial charge on any atom is -0.444 e. The number of halogens is 1. The SMILES string of the molecule is CC(C)(C)OC(=O)NC1(c2ccc(-c3nc4c(-c5ncc[nH]5)cc(Cl)nn4c3-c3ccccc3)cc2)CCC1. The van der Waals surface area contributed by atoms with Crippen molar-refractivity contribution >= 4 is 23.3 Å². The third-order valence-electron chi connectivity index (χ3n) is 7.01. The maximum Gasteiger partial charge on any atom is 0.408 e. The van der Waals surface area contributed by atoms with Gasteiger partial charge in [0.25, 0.3) is 0 Å². The van der Waals surface area contributed by atoms with Crippen molar-refractivity contribution in [2.24, 2.45) is 0 Å². The molecule has 9 heteroatoms. The summed E-state index contributed by atoms with van der Waals surface area (Å²) in [4.78, 5) is 25.3. The third kappa shape index (κ3) is 4.76. The van der Waals surface area contributed by atoms with Crippen LogP contribution in [0.1, 0.15) is 45.6 Å². The number of benzene rings is 2. The number of H-pyrrole nitrogens is 1. The lowest BCUT2D eigenvalue weighted by molar-refractivity contribution is 0.0377. The fourth-order valence-corrected chi connectivity index (χ4v) is 5.28. The van der Waals surface area contributed by atoms with Crippen LogP contribution in [0, 0.1) is 0 Å². The summed E-state index contributed by atoms with van der Waals surface area (Å²) in [7, 11) is 0. The number of aromatic nitrogens is 5. The van der Waals surface area contributed by atoms with Crippen molar-refractivity contribution in [1.82, 2.24) is 29.9 Å². The van der Waals surface area contributed by atoms with E-state index in [-0.39, 0.29) is 0 Å². The average molecular weight is 541 g/mol. The molecule has 1 aliphatic rings. The molecule has 0 aliphatic heterocycles. The second-order valence-electron chi connectivity index (χ2n) is 10.9. The number of nitrogens with zero attached hydrogens (tertiary/aromatic N) is 4. The minimum atomic E-state index is -0.554. The molecule has 1 amide bonds. The number of rotatable bonds is 5. The fourth-order valence-electron chi connectivity index (χ4n) is 5.10. The van der Waals surface area contributed by atoms with Crippen LogP contribution >= 0.6 is 11.6 Å². The van der Waals surface area contributed by atoms with Gasteiger partial charge in [-0.05, 0) is 51.7 Å². The number of hydrogen-bond acceptors (Lipinski definition) is 5. The molecule has 3 aromatic heterocycles. The van der Waals surface area contributed by atoms with E-state index in [2.05, 4.69) is 44.6 Å². The molecular formula is C30H29ClN6O2. The van der Waals surface area contributed by atoms with Crippen LogP contribution in [0.5, 0.6) is 0 Å². The molecule has 1 fully saturated rings. The Morgan fingerprint density at radius 1 is 1.08 bits per heavy atom. The molecule has 5 aromatic rings. The maximum absolute atomic E-state index is 12.6. The van der Waals surface area contributed by atoms with Crippen molar-refractivity contribution in [1.29, 1.82) is 0 Å². The summed E-state index contributed by atoms with van der Waals surface area (Å²) in [6, 6.07) is 20.0. The molecule has 1 aliphatic carbocycles. The fraction of sp³-hybridized carbons (Fsp3) is 0.267. The summed E-state index contributed by atoms with van der Waals surface area (Å²) in [5.74, 6) is 0.663. The van der Waals surface area contributed by atoms with Crippen LogP contribution in [0.25, 0.3) is 39.5 Å². The van der Waals surface area contributed by atoms with E-state index in [9.17, 15) is 4.79 Å². The molecule has 0 saturated heterocycles. The number of aromatic amines is 1. The first-order valence-corrected chi connectivity index (χ1v) is 13.4. The zero-order valence-electron chi connectivity index (χ0n) is 22.0. The molecule has 0 atom stereocenters. The summed E-state index contributed by atoms with van der Waals surface area (Å²) in [5.41, 5.74) is 4.97. The Morgan fingerprint density at radius 3 is 2.44 bits per heavy atom. The predicted octanol–water partition coefficient (Wildman–Crippen LogP) is 7.01. The van der Waals surface area contributed by atoms with Gasteiger partial charge in [0.15, 0.2) is 10.8 Å². The Bertz CT molecular complexity index is 1630. The van der Waals surface area contributed by atoms with Gasteiger partial charge in [-0.25, -0.2) is 19.3 Å². The Labute approximate surface area is 231 Å². The predicted molar refractivity (Wildman–Crippen MR) is 151 cm³/mol. The third-order valence-corrected chi connectivity index (χ3v) is 7.20. The highest BCUT2D eigenvalue weighted by molar-refractivity contribution is 6.29. The Hall–Kier alpha value is -4.17. The monoisotopic (exact) mass is 540 g/mol. The molecule has 2 aromatic carbocycles. The molecule has 6 rings (SSSR count). The summed E-state index contributed by atoms with van der Waals surface area (Å²) in [6.07, 6.45) is 5.84. The Balaban J connectivity index is 1.44. The highest BCUT2D eigenvalue weighted by atomic mass is 35.5. The van der Waals surface area contributed by atoms with Crippen molar-refractivity contribution in [3.05, 3.63) is 83.8 Å². The van der Waals surface area contributed by atoms with Crippen molar-refractivity contribution < 1.29 is 9.53 Å². The van der Waals surface area contributed by atoms with Crippen LogP contribution in [0.4, 0.5) is 4.79 Å². The number of alkyl carbamates (subject to hydrolysis) is 1. The van der Waals surface area contributed by atoms with Crippen LogP contribution in [-0.2, 0) is 10.3 Å². The number of ether oxygens (including phenoxy) is 1. The quantitative estimate of drug-likeness (QED) is 0.250. The van der Waals surface area contributed by atoms with Crippen LogP contribution in [0.15, 0.2) is 73.1 Å². The van der Waals surface area contributed by atoms with Gasteiger partial charge in [-0.1, -0.05) is 66.2 Å². The lowest BCUT2D eigenvalue weighted by Gasteiger charge is -2.43. The molecule has 3 heterocycles. The Kier molecular flexibility index (Phi) is 6.14. The minimum absolute atomic E-state index is 0.338. The highest BCUT2D eigenvalue weighted by Gasteiger charge is 2.41. The van der Waals surface area contributed by atoms with E-state index in [0.29, 0.717) is 16.6 Å². The molecule has 0 spiro atoms. The number of hydrogen-bond donors (Lipinski definition) is 2. The van der Waals surface area contributed by atoms with E-state index in [1.165, 1.54) is 0 Å². The highest BCUT2D eigenvalue weighted by Crippen LogP contribution is 2.43. The van der Waals surface area contributed by atoms with Gasteiger partial charge >= 0.3 is 6.09 Å². The van der Waals surface area contributed by atoms with E-state index in [1.54, 1.807) is 23.0 Å². The lowest BCUT2D eigenvalue weighted by Crippen LogP contribution is -2.52. The van der Waals surface area contributed by atoms with Crippen molar-refractivity contribution in [3.8, 4) is 33.9 Å². The van der Waals surface area contributed by atoms with Crippen LogP contribution in [0.2, 0.25) is 5.15 Å². The second kappa shape index (κ2) is 9.54. The zero-order chi connectivity index (χ0) is 27.2. The average Bonchev–Trinajstić information content (AvgIpc) is 3.54. The van der Waals surface area contributed by atoms with Gasteiger partial charge in [-0.3, -0.25) is 0 Å². The number of imidazole rings is 2. The number of carbonyl (C=O) groups is 1. The smallest absolute Gasteiger partial charge is 0.408 e. The van der Waals surface area contributed by atoms with E-state index in [4.69, 9.17) is 21.3 Å². The van der Waals surface area contributed by atoms with Gasteiger partial charge in [0, 0.05) is 23.5 Å². The van der Waals surface area contributed by atoms with Gasteiger partial charge in [-0.15, -0.1) is 0 Å². The first kappa shape index (κ1) is 25.1. The van der Waals surface area contributed by atoms with Crippen molar-refractivity contribution in [2.75, 3.05) is 0 Å².